The normalized spacial score (nSPS) is 11.8. The number of fused-ring (bicyclic) bond motifs is 1. The predicted molar refractivity (Wildman–Crippen MR) is 128 cm³/mol. The lowest BCUT2D eigenvalue weighted by Crippen LogP contribution is -2.34. The Hall–Kier alpha value is -3.61. The van der Waals surface area contributed by atoms with Gasteiger partial charge in [0.25, 0.3) is 5.91 Å². The molecule has 0 fully saturated rings. The van der Waals surface area contributed by atoms with Crippen LogP contribution in [0.15, 0.2) is 82.0 Å². The molecule has 7 heteroatoms. The minimum Gasteiger partial charge on any atom is -0.484 e. The summed E-state index contributed by atoms with van der Waals surface area (Å²) >= 11 is 5.95. The van der Waals surface area contributed by atoms with E-state index in [1.165, 1.54) is 0 Å². The molecule has 1 amide bonds. The second kappa shape index (κ2) is 9.90. The highest BCUT2D eigenvalue weighted by Gasteiger charge is 2.16. The van der Waals surface area contributed by atoms with Crippen LogP contribution in [0.3, 0.4) is 0 Å². The van der Waals surface area contributed by atoms with Crippen LogP contribution in [-0.2, 0) is 4.79 Å². The highest BCUT2D eigenvalue weighted by molar-refractivity contribution is 6.30. The van der Waals surface area contributed by atoms with Gasteiger partial charge in [-0.25, -0.2) is 0 Å². The zero-order valence-electron chi connectivity index (χ0n) is 17.9. The van der Waals surface area contributed by atoms with E-state index < -0.39 is 6.04 Å². The van der Waals surface area contributed by atoms with Crippen LogP contribution in [0.5, 0.6) is 5.75 Å². The minimum absolute atomic E-state index is 0.158. The smallest absolute Gasteiger partial charge is 0.258 e. The Bertz CT molecular complexity index is 1330. The molecule has 1 aromatic heterocycles. The third-order valence-corrected chi connectivity index (χ3v) is 5.51. The molecule has 2 N–H and O–H groups in total. The number of hydrogen-bond acceptors (Lipinski definition) is 5. The van der Waals surface area contributed by atoms with Crippen LogP contribution in [0.4, 0.5) is 0 Å². The molecule has 0 aliphatic rings. The summed E-state index contributed by atoms with van der Waals surface area (Å²) in [4.78, 5) is 25.4. The average molecular weight is 464 g/mol. The van der Waals surface area contributed by atoms with Crippen molar-refractivity contribution in [3.05, 3.63) is 99.4 Å². The lowest BCUT2D eigenvalue weighted by atomic mass is 10.0. The number of carbonyl (C=O) groups excluding carboxylic acids is 1. The molecular formula is C26H22ClNO5. The number of nitrogens with one attached hydrogen (secondary N) is 1. The van der Waals surface area contributed by atoms with E-state index in [1.54, 1.807) is 49.4 Å². The van der Waals surface area contributed by atoms with Gasteiger partial charge in [0.15, 0.2) is 6.61 Å². The molecular weight excluding hydrogens is 442 g/mol. The number of amides is 1. The number of halogens is 1. The largest absolute Gasteiger partial charge is 0.484 e. The van der Waals surface area contributed by atoms with Crippen LogP contribution in [0.1, 0.15) is 17.4 Å². The highest BCUT2D eigenvalue weighted by Crippen LogP contribution is 2.27. The summed E-state index contributed by atoms with van der Waals surface area (Å²) in [7, 11) is 0. The maximum Gasteiger partial charge on any atom is 0.258 e. The summed E-state index contributed by atoms with van der Waals surface area (Å²) in [5, 5.41) is 13.3. The van der Waals surface area contributed by atoms with Crippen LogP contribution in [0.2, 0.25) is 5.02 Å². The summed E-state index contributed by atoms with van der Waals surface area (Å²) in [6, 6.07) is 20.5. The van der Waals surface area contributed by atoms with Crippen LogP contribution in [0, 0.1) is 6.92 Å². The Morgan fingerprint density at radius 2 is 1.82 bits per heavy atom. The molecule has 0 saturated heterocycles. The van der Waals surface area contributed by atoms with E-state index in [4.69, 9.17) is 20.8 Å². The maximum absolute atomic E-state index is 13.1. The average Bonchev–Trinajstić information content (AvgIpc) is 2.82. The van der Waals surface area contributed by atoms with Crippen molar-refractivity contribution >= 4 is 28.5 Å². The second-order valence-electron chi connectivity index (χ2n) is 7.53. The molecule has 1 atom stereocenters. The zero-order valence-corrected chi connectivity index (χ0v) is 18.6. The number of hydrogen-bond donors (Lipinski definition) is 2. The Kier molecular flexibility index (Phi) is 6.77. The number of ether oxygens (including phenoxy) is 1. The quantitative estimate of drug-likeness (QED) is 0.416. The van der Waals surface area contributed by atoms with Gasteiger partial charge >= 0.3 is 0 Å². The van der Waals surface area contributed by atoms with E-state index in [0.717, 1.165) is 11.1 Å². The fraction of sp³-hybridized carbons (Fsp3) is 0.154. The summed E-state index contributed by atoms with van der Waals surface area (Å²) in [6.45, 7) is 1.25. The molecule has 1 heterocycles. The third kappa shape index (κ3) is 5.08. The van der Waals surface area contributed by atoms with Crippen molar-refractivity contribution in [1.29, 1.82) is 0 Å². The molecule has 0 aliphatic heterocycles. The third-order valence-electron chi connectivity index (χ3n) is 5.26. The zero-order chi connectivity index (χ0) is 23.4. The number of carbonyl (C=O) groups is 1. The molecule has 0 saturated carbocycles. The first kappa shape index (κ1) is 22.6. The fourth-order valence-electron chi connectivity index (χ4n) is 3.63. The molecule has 4 aromatic rings. The lowest BCUT2D eigenvalue weighted by Gasteiger charge is -2.17. The first-order valence-corrected chi connectivity index (χ1v) is 10.8. The molecule has 0 aliphatic carbocycles. The second-order valence-corrected chi connectivity index (χ2v) is 7.97. The van der Waals surface area contributed by atoms with Gasteiger partial charge in [-0.05, 0) is 42.3 Å². The van der Waals surface area contributed by atoms with Crippen LogP contribution in [0.25, 0.3) is 22.1 Å². The van der Waals surface area contributed by atoms with Crippen molar-refractivity contribution in [2.45, 2.75) is 13.0 Å². The monoisotopic (exact) mass is 463 g/mol. The van der Waals surface area contributed by atoms with Gasteiger partial charge in [-0.2, -0.15) is 0 Å². The van der Waals surface area contributed by atoms with Gasteiger partial charge in [0, 0.05) is 11.1 Å². The van der Waals surface area contributed by atoms with E-state index in [9.17, 15) is 14.7 Å². The van der Waals surface area contributed by atoms with Crippen molar-refractivity contribution in [2.75, 3.05) is 13.2 Å². The Morgan fingerprint density at radius 3 is 2.52 bits per heavy atom. The number of aliphatic hydroxyl groups excluding tert-OH is 1. The summed E-state index contributed by atoms with van der Waals surface area (Å²) in [6.07, 6.45) is 0. The van der Waals surface area contributed by atoms with Crippen LogP contribution in [-0.4, -0.2) is 24.2 Å². The molecule has 4 rings (SSSR count). The first-order chi connectivity index (χ1) is 16.0. The molecule has 0 spiro atoms. The Morgan fingerprint density at radius 1 is 1.09 bits per heavy atom. The van der Waals surface area contributed by atoms with E-state index in [-0.39, 0.29) is 24.5 Å². The van der Waals surface area contributed by atoms with Crippen LogP contribution < -0.4 is 15.5 Å². The number of aryl methyl sites for hydroxylation is 1. The number of benzene rings is 3. The van der Waals surface area contributed by atoms with Gasteiger partial charge in [-0.3, -0.25) is 9.59 Å². The highest BCUT2D eigenvalue weighted by atomic mass is 35.5. The topological polar surface area (TPSA) is 88.8 Å². The van der Waals surface area contributed by atoms with E-state index in [2.05, 4.69) is 5.32 Å². The lowest BCUT2D eigenvalue weighted by molar-refractivity contribution is -0.124. The molecule has 6 nitrogen and oxygen atoms in total. The summed E-state index contributed by atoms with van der Waals surface area (Å²) in [5.74, 6) is 0.479. The fourth-order valence-corrected chi connectivity index (χ4v) is 3.76. The van der Waals surface area contributed by atoms with Gasteiger partial charge in [0.05, 0.1) is 23.6 Å². The van der Waals surface area contributed by atoms with Gasteiger partial charge in [-0.1, -0.05) is 54.1 Å². The predicted octanol–water partition coefficient (Wildman–Crippen LogP) is 4.65. The Balaban J connectivity index is 1.50. The molecule has 0 radical (unpaired) electrons. The summed E-state index contributed by atoms with van der Waals surface area (Å²) < 4.78 is 11.5. The SMILES string of the molecule is Cc1oc2cc(OCC(=O)NC(CO)c3ccccc3)ccc2c(=O)c1-c1ccc(Cl)cc1. The summed E-state index contributed by atoms with van der Waals surface area (Å²) in [5.41, 5.74) is 2.21. The molecule has 3 aromatic carbocycles. The van der Waals surface area contributed by atoms with Crippen molar-refractivity contribution in [3.63, 3.8) is 0 Å². The van der Waals surface area contributed by atoms with E-state index >= 15 is 0 Å². The van der Waals surface area contributed by atoms with E-state index in [0.29, 0.717) is 33.1 Å². The van der Waals surface area contributed by atoms with Gasteiger partial charge in [0.1, 0.15) is 17.1 Å². The van der Waals surface area contributed by atoms with Crippen molar-refractivity contribution < 1.29 is 19.1 Å². The van der Waals surface area contributed by atoms with Crippen molar-refractivity contribution in [1.82, 2.24) is 5.32 Å². The number of rotatable bonds is 7. The Labute approximate surface area is 195 Å². The van der Waals surface area contributed by atoms with Crippen molar-refractivity contribution in [3.8, 4) is 16.9 Å². The first-order valence-electron chi connectivity index (χ1n) is 10.4. The molecule has 0 bridgehead atoms. The minimum atomic E-state index is -0.522. The molecule has 33 heavy (non-hydrogen) atoms. The van der Waals surface area contributed by atoms with Crippen molar-refractivity contribution in [2.24, 2.45) is 0 Å². The molecule has 168 valence electrons. The van der Waals surface area contributed by atoms with Gasteiger partial charge in [-0.15, -0.1) is 0 Å². The van der Waals surface area contributed by atoms with Crippen LogP contribution >= 0.6 is 11.6 Å². The number of aliphatic hydroxyl groups is 1. The molecule has 1 unspecified atom stereocenters. The standard InChI is InChI=1S/C26H22ClNO5/c1-16-25(18-7-9-19(27)10-8-18)26(31)21-12-11-20(13-23(21)33-16)32-15-24(30)28-22(14-29)17-5-3-2-4-6-17/h2-13,22,29H,14-15H2,1H3,(H,28,30). The van der Waals surface area contributed by atoms with Gasteiger partial charge in [0.2, 0.25) is 5.43 Å². The maximum atomic E-state index is 13.1. The van der Waals surface area contributed by atoms with E-state index in [1.807, 2.05) is 30.3 Å². The van der Waals surface area contributed by atoms with Gasteiger partial charge < -0.3 is 19.6 Å².